The molecule has 6 nitrogen and oxygen atoms in total. The van der Waals surface area contributed by atoms with E-state index >= 15 is 0 Å². The predicted molar refractivity (Wildman–Crippen MR) is 117 cm³/mol. The monoisotopic (exact) mass is 462 g/mol. The third-order valence-corrected chi connectivity index (χ3v) is 5.07. The Morgan fingerprint density at radius 3 is 2.43 bits per heavy atom. The molecule has 0 amide bonds. The highest BCUT2D eigenvalue weighted by atomic mass is 79.9. The fraction of sp³-hybridized carbons (Fsp3) is 0.0435. The zero-order valence-electron chi connectivity index (χ0n) is 15.6. The molecule has 4 aromatic rings. The maximum atomic E-state index is 12.9. The number of carbonyl (C=O) groups is 1. The van der Waals surface area contributed by atoms with Crippen molar-refractivity contribution in [1.29, 1.82) is 0 Å². The van der Waals surface area contributed by atoms with Crippen LogP contribution in [-0.2, 0) is 11.3 Å². The lowest BCUT2D eigenvalue weighted by Crippen LogP contribution is -2.07. The summed E-state index contributed by atoms with van der Waals surface area (Å²) < 4.78 is 6.33. The van der Waals surface area contributed by atoms with Gasteiger partial charge in [0, 0.05) is 27.6 Å². The average Bonchev–Trinajstić information content (AvgIpc) is 2.77. The summed E-state index contributed by atoms with van der Waals surface area (Å²) in [6.45, 7) is 0.00924. The Hall–Kier alpha value is -3.58. The van der Waals surface area contributed by atoms with Gasteiger partial charge in [-0.25, -0.2) is 9.78 Å². The maximum Gasteiger partial charge on any atom is 0.339 e. The summed E-state index contributed by atoms with van der Waals surface area (Å²) in [6, 6.07) is 22.8. The molecule has 0 spiro atoms. The number of halogens is 1. The number of aromatic nitrogens is 1. The predicted octanol–water partition coefficient (Wildman–Crippen LogP) is 5.93. The average molecular weight is 463 g/mol. The molecule has 0 saturated carbocycles. The van der Waals surface area contributed by atoms with E-state index in [0.29, 0.717) is 27.7 Å². The smallest absolute Gasteiger partial charge is 0.339 e. The molecule has 0 N–H and O–H groups in total. The van der Waals surface area contributed by atoms with Gasteiger partial charge in [-0.1, -0.05) is 46.3 Å². The molecule has 0 atom stereocenters. The van der Waals surface area contributed by atoms with Crippen LogP contribution in [0.4, 0.5) is 5.69 Å². The first-order valence-electron chi connectivity index (χ1n) is 9.07. The number of hydrogen-bond acceptors (Lipinski definition) is 5. The van der Waals surface area contributed by atoms with Gasteiger partial charge < -0.3 is 4.74 Å². The van der Waals surface area contributed by atoms with Crippen molar-refractivity contribution in [1.82, 2.24) is 4.98 Å². The van der Waals surface area contributed by atoms with E-state index in [1.54, 1.807) is 18.2 Å². The van der Waals surface area contributed by atoms with Gasteiger partial charge in [-0.2, -0.15) is 0 Å². The Bertz CT molecular complexity index is 1240. The van der Waals surface area contributed by atoms with Crippen LogP contribution in [0.1, 0.15) is 15.9 Å². The highest BCUT2D eigenvalue weighted by molar-refractivity contribution is 9.10. The summed E-state index contributed by atoms with van der Waals surface area (Å²) in [7, 11) is 0. The molecule has 3 aromatic carbocycles. The number of nitrogens with zero attached hydrogens (tertiary/aromatic N) is 2. The number of fused-ring (bicyclic) bond motifs is 1. The number of nitro benzene ring substituents is 1. The van der Waals surface area contributed by atoms with Gasteiger partial charge in [-0.3, -0.25) is 10.1 Å². The number of esters is 1. The topological polar surface area (TPSA) is 82.3 Å². The first-order chi connectivity index (χ1) is 14.5. The Kier molecular flexibility index (Phi) is 5.54. The molecule has 0 unspecified atom stereocenters. The minimum atomic E-state index is -0.490. The third kappa shape index (κ3) is 4.21. The molecular formula is C23H15BrN2O4. The SMILES string of the molecule is O=C(OCc1ccc([N+](=O)[O-])cc1)c1cc(-c2ccccc2)nc2ccc(Br)cc12. The zero-order valence-corrected chi connectivity index (χ0v) is 17.2. The van der Waals surface area contributed by atoms with Gasteiger partial charge in [0.2, 0.25) is 0 Å². The van der Waals surface area contributed by atoms with Gasteiger partial charge >= 0.3 is 5.97 Å². The maximum absolute atomic E-state index is 12.9. The number of pyridine rings is 1. The summed E-state index contributed by atoms with van der Waals surface area (Å²) in [4.78, 5) is 27.9. The lowest BCUT2D eigenvalue weighted by Gasteiger charge is -2.11. The van der Waals surface area contributed by atoms with Gasteiger partial charge in [0.25, 0.3) is 5.69 Å². The molecule has 7 heteroatoms. The molecule has 0 aliphatic rings. The van der Waals surface area contributed by atoms with Gasteiger partial charge in [0.15, 0.2) is 0 Å². The van der Waals surface area contributed by atoms with E-state index in [1.807, 2.05) is 48.5 Å². The van der Waals surface area contributed by atoms with E-state index in [2.05, 4.69) is 20.9 Å². The number of nitro groups is 1. The summed E-state index contributed by atoms with van der Waals surface area (Å²) in [6.07, 6.45) is 0. The van der Waals surface area contributed by atoms with E-state index in [4.69, 9.17) is 4.74 Å². The van der Waals surface area contributed by atoms with Crippen molar-refractivity contribution in [2.75, 3.05) is 0 Å². The molecule has 0 bridgehead atoms. The minimum Gasteiger partial charge on any atom is -0.457 e. The van der Waals surface area contributed by atoms with Crippen LogP contribution in [0.15, 0.2) is 83.3 Å². The second-order valence-electron chi connectivity index (χ2n) is 6.58. The van der Waals surface area contributed by atoms with Crippen molar-refractivity contribution in [3.63, 3.8) is 0 Å². The molecule has 1 aromatic heterocycles. The van der Waals surface area contributed by atoms with Crippen molar-refractivity contribution < 1.29 is 14.5 Å². The Labute approximate surface area is 180 Å². The number of hydrogen-bond donors (Lipinski definition) is 0. The van der Waals surface area contributed by atoms with Crippen LogP contribution in [-0.4, -0.2) is 15.9 Å². The standard InChI is InChI=1S/C23H15BrN2O4/c24-17-8-11-21-19(12-17)20(13-22(25-21)16-4-2-1-3-5-16)23(27)30-14-15-6-9-18(10-7-15)26(28)29/h1-13H,14H2. The molecule has 0 aliphatic heterocycles. The normalized spacial score (nSPS) is 10.7. The highest BCUT2D eigenvalue weighted by Crippen LogP contribution is 2.28. The summed E-state index contributed by atoms with van der Waals surface area (Å²) in [5.41, 5.74) is 3.31. The van der Waals surface area contributed by atoms with Crippen LogP contribution in [0, 0.1) is 10.1 Å². The molecule has 148 valence electrons. The van der Waals surface area contributed by atoms with Gasteiger partial charge in [-0.05, 0) is 42.0 Å². The van der Waals surface area contributed by atoms with Crippen LogP contribution in [0.3, 0.4) is 0 Å². The molecule has 0 fully saturated rings. The first-order valence-corrected chi connectivity index (χ1v) is 9.87. The third-order valence-electron chi connectivity index (χ3n) is 4.58. The number of benzene rings is 3. The fourth-order valence-electron chi connectivity index (χ4n) is 3.06. The molecule has 0 aliphatic carbocycles. The largest absolute Gasteiger partial charge is 0.457 e. The summed E-state index contributed by atoms with van der Waals surface area (Å²) >= 11 is 3.44. The summed E-state index contributed by atoms with van der Waals surface area (Å²) in [5, 5.41) is 11.5. The quantitative estimate of drug-likeness (QED) is 0.208. The van der Waals surface area contributed by atoms with Crippen molar-refractivity contribution in [3.05, 3.63) is 105 Å². The van der Waals surface area contributed by atoms with Crippen molar-refractivity contribution in [2.45, 2.75) is 6.61 Å². The van der Waals surface area contributed by atoms with E-state index in [1.165, 1.54) is 12.1 Å². The molecular weight excluding hydrogens is 448 g/mol. The Morgan fingerprint density at radius 2 is 1.73 bits per heavy atom. The highest BCUT2D eigenvalue weighted by Gasteiger charge is 2.16. The van der Waals surface area contributed by atoms with Crippen LogP contribution < -0.4 is 0 Å². The van der Waals surface area contributed by atoms with Crippen molar-refractivity contribution in [2.24, 2.45) is 0 Å². The van der Waals surface area contributed by atoms with Crippen LogP contribution in [0.5, 0.6) is 0 Å². The zero-order chi connectivity index (χ0) is 21.1. The number of ether oxygens (including phenoxy) is 1. The molecule has 1 heterocycles. The Morgan fingerprint density at radius 1 is 1.00 bits per heavy atom. The number of carbonyl (C=O) groups excluding carboxylic acids is 1. The summed E-state index contributed by atoms with van der Waals surface area (Å²) in [5.74, 6) is -0.490. The van der Waals surface area contributed by atoms with E-state index in [0.717, 1.165) is 10.0 Å². The van der Waals surface area contributed by atoms with Gasteiger partial charge in [-0.15, -0.1) is 0 Å². The molecule has 30 heavy (non-hydrogen) atoms. The fourth-order valence-corrected chi connectivity index (χ4v) is 3.43. The van der Waals surface area contributed by atoms with Crippen molar-refractivity contribution in [3.8, 4) is 11.3 Å². The van der Waals surface area contributed by atoms with E-state index < -0.39 is 10.9 Å². The second kappa shape index (κ2) is 8.42. The second-order valence-corrected chi connectivity index (χ2v) is 7.50. The number of non-ortho nitro benzene ring substituents is 1. The van der Waals surface area contributed by atoms with Crippen LogP contribution >= 0.6 is 15.9 Å². The molecule has 4 rings (SSSR count). The van der Waals surface area contributed by atoms with Crippen LogP contribution in [0.25, 0.3) is 22.2 Å². The molecule has 0 saturated heterocycles. The van der Waals surface area contributed by atoms with Gasteiger partial charge in [0.1, 0.15) is 6.61 Å². The lowest BCUT2D eigenvalue weighted by molar-refractivity contribution is -0.384. The lowest BCUT2D eigenvalue weighted by atomic mass is 10.0. The van der Waals surface area contributed by atoms with Crippen molar-refractivity contribution >= 4 is 38.5 Å². The first kappa shape index (κ1) is 19.7. The van der Waals surface area contributed by atoms with Crippen LogP contribution in [0.2, 0.25) is 0 Å². The van der Waals surface area contributed by atoms with E-state index in [9.17, 15) is 14.9 Å². The van der Waals surface area contributed by atoms with Gasteiger partial charge in [0.05, 0.1) is 21.7 Å². The molecule has 0 radical (unpaired) electrons. The minimum absolute atomic E-state index is 0.00924. The Balaban J connectivity index is 1.66. The van der Waals surface area contributed by atoms with E-state index in [-0.39, 0.29) is 12.3 Å². The number of rotatable bonds is 5.